The van der Waals surface area contributed by atoms with Gasteiger partial charge in [0.15, 0.2) is 0 Å². The van der Waals surface area contributed by atoms with Crippen molar-refractivity contribution in [1.29, 1.82) is 0 Å². The highest BCUT2D eigenvalue weighted by atomic mass is 32.1. The van der Waals surface area contributed by atoms with E-state index in [0.29, 0.717) is 0 Å². The smallest absolute Gasteiger partial charge is 0.0340 e. The molecule has 0 aromatic carbocycles. The van der Waals surface area contributed by atoms with Crippen molar-refractivity contribution in [2.75, 3.05) is 0 Å². The number of rotatable bonds is 2. The third kappa shape index (κ3) is 2.26. The molecule has 13 heavy (non-hydrogen) atoms. The molecule has 2 rings (SSSR count). The van der Waals surface area contributed by atoms with E-state index in [9.17, 15) is 0 Å². The van der Waals surface area contributed by atoms with Gasteiger partial charge in [-0.1, -0.05) is 18.2 Å². The normalized spacial score (nSPS) is 10.8. The minimum absolute atomic E-state index is 1.14. The number of hydrogen-bond acceptors (Lipinski definition) is 2. The largest absolute Gasteiger partial charge is 0.264 e. The zero-order chi connectivity index (χ0) is 8.93. The maximum absolute atomic E-state index is 4.04. The molecule has 1 nitrogen and oxygen atoms in total. The topological polar surface area (TPSA) is 12.9 Å². The number of thiophene rings is 1. The lowest BCUT2D eigenvalue weighted by atomic mass is 10.2. The molecule has 0 aliphatic carbocycles. The number of aromatic nitrogens is 1. The third-order valence-corrected chi connectivity index (χ3v) is 2.51. The molecule has 0 saturated carbocycles. The minimum atomic E-state index is 1.14. The second-order valence-corrected chi connectivity index (χ2v) is 3.61. The van der Waals surface area contributed by atoms with E-state index in [4.69, 9.17) is 0 Å². The molecule has 2 heterocycles. The zero-order valence-electron chi connectivity index (χ0n) is 7.05. The molecular weight excluding hydrogens is 178 g/mol. The van der Waals surface area contributed by atoms with Gasteiger partial charge >= 0.3 is 0 Å². The Labute approximate surface area is 81.4 Å². The van der Waals surface area contributed by atoms with Crippen LogP contribution in [-0.4, -0.2) is 4.98 Å². The van der Waals surface area contributed by atoms with Gasteiger partial charge in [0.1, 0.15) is 0 Å². The molecule has 64 valence electrons. The Kier molecular flexibility index (Phi) is 2.53. The molecule has 2 aromatic rings. The van der Waals surface area contributed by atoms with E-state index >= 15 is 0 Å². The molecule has 0 atom stereocenters. The average Bonchev–Trinajstić information content (AvgIpc) is 2.69. The van der Waals surface area contributed by atoms with Crippen molar-refractivity contribution < 1.29 is 0 Å². The van der Waals surface area contributed by atoms with Crippen LogP contribution in [0.4, 0.5) is 0 Å². The fourth-order valence-corrected chi connectivity index (χ4v) is 1.66. The maximum atomic E-state index is 4.04. The quantitative estimate of drug-likeness (QED) is 0.702. The van der Waals surface area contributed by atoms with Gasteiger partial charge in [0.2, 0.25) is 0 Å². The molecule has 0 radical (unpaired) electrons. The van der Waals surface area contributed by atoms with Crippen molar-refractivity contribution >= 4 is 23.5 Å². The van der Waals surface area contributed by atoms with E-state index in [0.717, 1.165) is 5.56 Å². The second kappa shape index (κ2) is 4.01. The van der Waals surface area contributed by atoms with Crippen LogP contribution in [0.2, 0.25) is 0 Å². The van der Waals surface area contributed by atoms with E-state index in [2.05, 4.69) is 28.6 Å². The zero-order valence-corrected chi connectivity index (χ0v) is 7.87. The molecule has 0 saturated heterocycles. The van der Waals surface area contributed by atoms with Gasteiger partial charge in [0.25, 0.3) is 0 Å². The summed E-state index contributed by atoms with van der Waals surface area (Å²) in [5.41, 5.74) is 1.14. The minimum Gasteiger partial charge on any atom is -0.264 e. The Morgan fingerprint density at radius 1 is 1.15 bits per heavy atom. The SMILES string of the molecule is C(=C\c1cccs1)/c1cccnc1. The van der Waals surface area contributed by atoms with E-state index < -0.39 is 0 Å². The van der Waals surface area contributed by atoms with Crippen LogP contribution in [0.3, 0.4) is 0 Å². The fraction of sp³-hybridized carbons (Fsp3) is 0. The number of pyridine rings is 1. The lowest BCUT2D eigenvalue weighted by Crippen LogP contribution is -1.72. The Hall–Kier alpha value is -1.41. The van der Waals surface area contributed by atoms with E-state index in [1.54, 1.807) is 17.5 Å². The van der Waals surface area contributed by atoms with E-state index in [1.807, 2.05) is 24.4 Å². The van der Waals surface area contributed by atoms with Gasteiger partial charge in [-0.15, -0.1) is 11.3 Å². The van der Waals surface area contributed by atoms with Crippen molar-refractivity contribution in [3.63, 3.8) is 0 Å². The standard InChI is InChI=1S/C11H9NS/c1-3-10(9-12-7-1)5-6-11-4-2-8-13-11/h1-9H/b6-5+. The van der Waals surface area contributed by atoms with Gasteiger partial charge < -0.3 is 0 Å². The Bertz CT molecular complexity index is 376. The molecule has 0 spiro atoms. The molecule has 2 aromatic heterocycles. The summed E-state index contributed by atoms with van der Waals surface area (Å²) in [6, 6.07) is 8.12. The fourth-order valence-electron chi connectivity index (χ4n) is 1.04. The Balaban J connectivity index is 2.15. The predicted octanol–water partition coefficient (Wildman–Crippen LogP) is 3.31. The van der Waals surface area contributed by atoms with Gasteiger partial charge in [0.05, 0.1) is 0 Å². The first-order chi connectivity index (χ1) is 6.45. The van der Waals surface area contributed by atoms with Crippen LogP contribution in [0.5, 0.6) is 0 Å². The van der Waals surface area contributed by atoms with Crippen molar-refractivity contribution in [1.82, 2.24) is 4.98 Å². The van der Waals surface area contributed by atoms with E-state index in [1.165, 1.54) is 4.88 Å². The van der Waals surface area contributed by atoms with Crippen LogP contribution in [0.1, 0.15) is 10.4 Å². The summed E-state index contributed by atoms with van der Waals surface area (Å²) in [7, 11) is 0. The lowest BCUT2D eigenvalue weighted by molar-refractivity contribution is 1.32. The molecule has 0 bridgehead atoms. The van der Waals surface area contributed by atoms with Crippen LogP contribution in [-0.2, 0) is 0 Å². The maximum Gasteiger partial charge on any atom is 0.0340 e. The van der Waals surface area contributed by atoms with Crippen LogP contribution < -0.4 is 0 Å². The molecule has 0 N–H and O–H groups in total. The summed E-state index contributed by atoms with van der Waals surface area (Å²) in [4.78, 5) is 5.30. The number of hydrogen-bond donors (Lipinski definition) is 0. The molecule has 0 unspecified atom stereocenters. The molecule has 2 heteroatoms. The monoisotopic (exact) mass is 187 g/mol. The summed E-state index contributed by atoms with van der Waals surface area (Å²) >= 11 is 1.73. The van der Waals surface area contributed by atoms with Crippen molar-refractivity contribution in [3.8, 4) is 0 Å². The Morgan fingerprint density at radius 2 is 2.15 bits per heavy atom. The van der Waals surface area contributed by atoms with Gasteiger partial charge in [0, 0.05) is 17.3 Å². The molecular formula is C11H9NS. The van der Waals surface area contributed by atoms with Crippen LogP contribution in [0.25, 0.3) is 12.2 Å². The summed E-state index contributed by atoms with van der Waals surface area (Å²) in [5.74, 6) is 0. The molecule has 0 aliphatic heterocycles. The average molecular weight is 187 g/mol. The van der Waals surface area contributed by atoms with Gasteiger partial charge in [-0.05, 0) is 29.2 Å². The first kappa shape index (κ1) is 8.20. The third-order valence-electron chi connectivity index (χ3n) is 1.67. The van der Waals surface area contributed by atoms with Crippen molar-refractivity contribution in [2.24, 2.45) is 0 Å². The highest BCUT2D eigenvalue weighted by molar-refractivity contribution is 7.10. The highest BCUT2D eigenvalue weighted by Gasteiger charge is 1.86. The van der Waals surface area contributed by atoms with Crippen LogP contribution >= 0.6 is 11.3 Å². The second-order valence-electron chi connectivity index (χ2n) is 2.64. The highest BCUT2D eigenvalue weighted by Crippen LogP contribution is 2.12. The lowest BCUT2D eigenvalue weighted by Gasteiger charge is -1.88. The van der Waals surface area contributed by atoms with Crippen molar-refractivity contribution in [3.05, 3.63) is 52.5 Å². The van der Waals surface area contributed by atoms with Gasteiger partial charge in [-0.25, -0.2) is 0 Å². The van der Waals surface area contributed by atoms with Crippen LogP contribution in [0, 0.1) is 0 Å². The number of nitrogens with zero attached hydrogens (tertiary/aromatic N) is 1. The summed E-state index contributed by atoms with van der Waals surface area (Å²) in [5, 5.41) is 2.07. The molecule has 0 fully saturated rings. The van der Waals surface area contributed by atoms with Gasteiger partial charge in [-0.3, -0.25) is 4.98 Å². The first-order valence-electron chi connectivity index (χ1n) is 4.07. The van der Waals surface area contributed by atoms with Crippen LogP contribution in [0.15, 0.2) is 42.0 Å². The van der Waals surface area contributed by atoms with Gasteiger partial charge in [-0.2, -0.15) is 0 Å². The first-order valence-corrected chi connectivity index (χ1v) is 4.95. The van der Waals surface area contributed by atoms with Crippen molar-refractivity contribution in [2.45, 2.75) is 0 Å². The summed E-state index contributed by atoms with van der Waals surface area (Å²) in [6.07, 6.45) is 7.80. The molecule has 0 aliphatic rings. The Morgan fingerprint density at radius 3 is 2.85 bits per heavy atom. The summed E-state index contributed by atoms with van der Waals surface area (Å²) in [6.45, 7) is 0. The molecule has 0 amide bonds. The van der Waals surface area contributed by atoms with E-state index in [-0.39, 0.29) is 0 Å². The summed E-state index contributed by atoms with van der Waals surface area (Å²) < 4.78 is 0. The predicted molar refractivity (Wildman–Crippen MR) is 57.5 cm³/mol.